The number of aromatic amines is 1. The number of nitrogens with zero attached hydrogens (tertiary/aromatic N) is 2. The highest BCUT2D eigenvalue weighted by Gasteiger charge is 2.30. The van der Waals surface area contributed by atoms with Crippen LogP contribution in [0.5, 0.6) is 0 Å². The van der Waals surface area contributed by atoms with Gasteiger partial charge in [0.15, 0.2) is 0 Å². The van der Waals surface area contributed by atoms with E-state index in [2.05, 4.69) is 10.2 Å². The van der Waals surface area contributed by atoms with Crippen LogP contribution >= 0.6 is 0 Å². The first-order valence-electron chi connectivity index (χ1n) is 9.69. The first-order valence-corrected chi connectivity index (χ1v) is 9.69. The molecule has 0 saturated heterocycles. The van der Waals surface area contributed by atoms with E-state index >= 15 is 0 Å². The molecule has 0 atom stereocenters. The van der Waals surface area contributed by atoms with Crippen molar-refractivity contribution in [3.05, 3.63) is 52.7 Å². The Morgan fingerprint density at radius 1 is 1.29 bits per heavy atom. The van der Waals surface area contributed by atoms with Crippen LogP contribution in [0.1, 0.15) is 54.5 Å². The Balaban J connectivity index is 1.67. The van der Waals surface area contributed by atoms with Crippen molar-refractivity contribution in [2.75, 3.05) is 6.54 Å². The number of benzene rings is 2. The number of nitrogens with one attached hydrogen (secondary N) is 1. The third-order valence-corrected chi connectivity index (χ3v) is 5.97. The van der Waals surface area contributed by atoms with Gasteiger partial charge in [0.25, 0.3) is 6.43 Å². The minimum Gasteiger partial charge on any atom is -0.338 e. The summed E-state index contributed by atoms with van der Waals surface area (Å²) in [4.78, 5) is 13.6. The summed E-state index contributed by atoms with van der Waals surface area (Å²) in [7, 11) is 0. The molecule has 1 aliphatic carbocycles. The SMILES string of the molecule is CC(=O)N1CCc2[nH]nc(-c3cccc4cc(C5CC5)c(C(F)F)cc34)c2C1. The number of hydrogen-bond donors (Lipinski definition) is 1. The summed E-state index contributed by atoms with van der Waals surface area (Å²) in [6.45, 7) is 2.73. The fraction of sp³-hybridized carbons (Fsp3) is 0.364. The Bertz CT molecular complexity index is 1080. The lowest BCUT2D eigenvalue weighted by Gasteiger charge is -2.26. The summed E-state index contributed by atoms with van der Waals surface area (Å²) >= 11 is 0. The van der Waals surface area contributed by atoms with E-state index in [1.165, 1.54) is 0 Å². The smallest absolute Gasteiger partial charge is 0.264 e. The molecule has 2 aromatic carbocycles. The number of carbonyl (C=O) groups is 1. The molecule has 0 radical (unpaired) electrons. The summed E-state index contributed by atoms with van der Waals surface area (Å²) in [6, 6.07) is 9.43. The Morgan fingerprint density at radius 3 is 2.82 bits per heavy atom. The van der Waals surface area contributed by atoms with Crippen LogP contribution in [0.4, 0.5) is 8.78 Å². The van der Waals surface area contributed by atoms with E-state index in [9.17, 15) is 13.6 Å². The Hall–Kier alpha value is -2.76. The average Bonchev–Trinajstić information content (AvgIpc) is 3.45. The van der Waals surface area contributed by atoms with Gasteiger partial charge in [0.2, 0.25) is 5.91 Å². The quantitative estimate of drug-likeness (QED) is 0.698. The molecular weight excluding hydrogens is 360 g/mol. The number of H-pyrrole nitrogens is 1. The van der Waals surface area contributed by atoms with E-state index < -0.39 is 6.43 Å². The minimum atomic E-state index is -2.49. The lowest BCUT2D eigenvalue weighted by molar-refractivity contribution is -0.129. The molecule has 1 aliphatic heterocycles. The average molecular weight is 381 g/mol. The van der Waals surface area contributed by atoms with Crippen molar-refractivity contribution < 1.29 is 13.6 Å². The summed E-state index contributed by atoms with van der Waals surface area (Å²) in [5, 5.41) is 9.34. The van der Waals surface area contributed by atoms with Crippen molar-refractivity contribution in [3.8, 4) is 11.3 Å². The second kappa shape index (κ2) is 6.40. The van der Waals surface area contributed by atoms with Crippen LogP contribution in [0.15, 0.2) is 30.3 Å². The molecule has 1 fully saturated rings. The molecule has 6 heteroatoms. The number of amides is 1. The Morgan fingerprint density at radius 2 is 2.11 bits per heavy atom. The first-order chi connectivity index (χ1) is 13.5. The molecule has 4 nitrogen and oxygen atoms in total. The van der Waals surface area contributed by atoms with Gasteiger partial charge in [-0.05, 0) is 41.2 Å². The molecule has 1 aromatic heterocycles. The van der Waals surface area contributed by atoms with Gasteiger partial charge in [-0.25, -0.2) is 8.78 Å². The standard InChI is InChI=1S/C22H21F2N3O/c1-12(28)27-8-7-20-19(11-27)21(26-25-20)15-4-2-3-14-9-16(13-5-6-13)18(22(23)24)10-17(14)15/h2-4,9-10,13,22H,5-8,11H2,1H3,(H,25,26). The van der Waals surface area contributed by atoms with Crippen molar-refractivity contribution >= 4 is 16.7 Å². The first kappa shape index (κ1) is 17.3. The third-order valence-electron chi connectivity index (χ3n) is 5.97. The highest BCUT2D eigenvalue weighted by Crippen LogP contribution is 2.46. The van der Waals surface area contributed by atoms with Crippen molar-refractivity contribution in [1.82, 2.24) is 15.1 Å². The van der Waals surface area contributed by atoms with Gasteiger partial charge in [-0.3, -0.25) is 9.89 Å². The number of alkyl halides is 2. The monoisotopic (exact) mass is 381 g/mol. The Kier molecular flexibility index (Phi) is 3.96. The fourth-order valence-corrected chi connectivity index (χ4v) is 4.29. The second-order valence-electron chi connectivity index (χ2n) is 7.80. The Labute approximate surface area is 161 Å². The maximum atomic E-state index is 13.8. The zero-order chi connectivity index (χ0) is 19.4. The molecule has 0 bridgehead atoms. The van der Waals surface area contributed by atoms with Crippen molar-refractivity contribution in [2.45, 2.75) is 45.1 Å². The maximum Gasteiger partial charge on any atom is 0.264 e. The molecule has 0 unspecified atom stereocenters. The molecule has 3 aromatic rings. The summed E-state index contributed by atoms with van der Waals surface area (Å²) in [5.74, 6) is 0.295. The number of hydrogen-bond acceptors (Lipinski definition) is 2. The van der Waals surface area contributed by atoms with Crippen LogP contribution in [-0.4, -0.2) is 27.5 Å². The summed E-state index contributed by atoms with van der Waals surface area (Å²) in [6.07, 6.45) is 0.201. The maximum absolute atomic E-state index is 13.8. The van der Waals surface area contributed by atoms with Gasteiger partial charge in [0.05, 0.1) is 5.69 Å². The van der Waals surface area contributed by atoms with Crippen molar-refractivity contribution in [2.24, 2.45) is 0 Å². The van der Waals surface area contributed by atoms with Gasteiger partial charge >= 0.3 is 0 Å². The van der Waals surface area contributed by atoms with Crippen LogP contribution in [0, 0.1) is 0 Å². The van der Waals surface area contributed by atoms with E-state index in [1.54, 1.807) is 17.9 Å². The van der Waals surface area contributed by atoms with Crippen LogP contribution in [-0.2, 0) is 17.8 Å². The molecule has 2 aliphatic rings. The zero-order valence-corrected chi connectivity index (χ0v) is 15.6. The lowest BCUT2D eigenvalue weighted by atomic mass is 9.92. The summed E-state index contributed by atoms with van der Waals surface area (Å²) < 4.78 is 27.5. The van der Waals surface area contributed by atoms with Gasteiger partial charge in [0.1, 0.15) is 0 Å². The molecular formula is C22H21F2N3O. The number of carbonyl (C=O) groups excluding carboxylic acids is 1. The number of fused-ring (bicyclic) bond motifs is 2. The fourth-order valence-electron chi connectivity index (χ4n) is 4.29. The van der Waals surface area contributed by atoms with Gasteiger partial charge in [-0.15, -0.1) is 0 Å². The van der Waals surface area contributed by atoms with Crippen LogP contribution < -0.4 is 0 Å². The normalized spacial score (nSPS) is 16.6. The van der Waals surface area contributed by atoms with Crippen LogP contribution in [0.25, 0.3) is 22.0 Å². The number of aromatic nitrogens is 2. The van der Waals surface area contributed by atoms with E-state index in [1.807, 2.05) is 24.3 Å². The van der Waals surface area contributed by atoms with Gasteiger partial charge in [-0.1, -0.05) is 24.3 Å². The molecule has 1 saturated carbocycles. The predicted octanol–water partition coefficient (Wildman–Crippen LogP) is 4.95. The van der Waals surface area contributed by atoms with Gasteiger partial charge < -0.3 is 4.90 Å². The lowest BCUT2D eigenvalue weighted by Crippen LogP contribution is -2.34. The zero-order valence-electron chi connectivity index (χ0n) is 15.6. The highest BCUT2D eigenvalue weighted by atomic mass is 19.3. The van der Waals surface area contributed by atoms with Crippen LogP contribution in [0.3, 0.4) is 0 Å². The number of rotatable bonds is 3. The largest absolute Gasteiger partial charge is 0.338 e. The molecule has 28 heavy (non-hydrogen) atoms. The predicted molar refractivity (Wildman–Crippen MR) is 103 cm³/mol. The number of halogens is 2. The van der Waals surface area contributed by atoms with Crippen LogP contribution in [0.2, 0.25) is 0 Å². The molecule has 5 rings (SSSR count). The topological polar surface area (TPSA) is 49.0 Å². The van der Waals surface area contributed by atoms with Crippen molar-refractivity contribution in [1.29, 1.82) is 0 Å². The third kappa shape index (κ3) is 2.79. The molecule has 0 spiro atoms. The van der Waals surface area contributed by atoms with E-state index in [0.29, 0.717) is 13.1 Å². The molecule has 2 heterocycles. The van der Waals surface area contributed by atoms with E-state index in [-0.39, 0.29) is 17.4 Å². The second-order valence-corrected chi connectivity index (χ2v) is 7.80. The highest BCUT2D eigenvalue weighted by molar-refractivity contribution is 5.97. The van der Waals surface area contributed by atoms with Gasteiger partial charge in [-0.2, -0.15) is 5.10 Å². The molecule has 1 amide bonds. The minimum absolute atomic E-state index is 0.0322. The van der Waals surface area contributed by atoms with Crippen molar-refractivity contribution in [3.63, 3.8) is 0 Å². The molecule has 144 valence electrons. The van der Waals surface area contributed by atoms with Gasteiger partial charge in [0, 0.05) is 48.8 Å². The van der Waals surface area contributed by atoms with E-state index in [4.69, 9.17) is 0 Å². The molecule has 1 N–H and O–H groups in total. The van der Waals surface area contributed by atoms with E-state index in [0.717, 1.165) is 58.1 Å². The summed E-state index contributed by atoms with van der Waals surface area (Å²) in [5.41, 5.74) is 4.52.